The van der Waals surface area contributed by atoms with Gasteiger partial charge in [-0.2, -0.15) is 5.26 Å². The number of phenolic OH excluding ortho intramolecular Hbond substituents is 1. The second-order valence-electron chi connectivity index (χ2n) is 5.82. The highest BCUT2D eigenvalue weighted by molar-refractivity contribution is 5.83. The molecule has 3 rings (SSSR count). The summed E-state index contributed by atoms with van der Waals surface area (Å²) < 4.78 is 5.71. The van der Waals surface area contributed by atoms with Crippen molar-refractivity contribution in [2.75, 3.05) is 6.54 Å². The Labute approximate surface area is 147 Å². The molecule has 2 aromatic rings. The predicted molar refractivity (Wildman–Crippen MR) is 97.9 cm³/mol. The molecule has 0 unspecified atom stereocenters. The third kappa shape index (κ3) is 4.02. The molecule has 4 heteroatoms. The smallest absolute Gasteiger partial charge is 0.150 e. The molecule has 1 heterocycles. The van der Waals surface area contributed by atoms with Gasteiger partial charge >= 0.3 is 0 Å². The maximum Gasteiger partial charge on any atom is 0.150 e. The normalized spacial score (nSPS) is 13.1. The summed E-state index contributed by atoms with van der Waals surface area (Å²) in [6, 6.07) is 17.4. The highest BCUT2D eigenvalue weighted by Crippen LogP contribution is 2.37. The number of benzene rings is 2. The second-order valence-corrected chi connectivity index (χ2v) is 5.82. The number of nitriles is 1. The van der Waals surface area contributed by atoms with E-state index >= 15 is 0 Å². The third-order valence-corrected chi connectivity index (χ3v) is 4.06. The van der Waals surface area contributed by atoms with Crippen molar-refractivity contribution >= 4 is 5.76 Å². The van der Waals surface area contributed by atoms with E-state index in [4.69, 9.17) is 10.00 Å². The molecule has 0 radical (unpaired) electrons. The SMILES string of the molecule is N#CCCCCN1C=COC(c2cccc(O)c2-c2ccccc2)=C1. The number of hydrogen-bond donors (Lipinski definition) is 1. The van der Waals surface area contributed by atoms with E-state index in [-0.39, 0.29) is 5.75 Å². The van der Waals surface area contributed by atoms with E-state index in [1.807, 2.05) is 54.9 Å². The van der Waals surface area contributed by atoms with Gasteiger partial charge in [0.1, 0.15) is 12.0 Å². The van der Waals surface area contributed by atoms with Crippen LogP contribution in [0.4, 0.5) is 0 Å². The molecule has 0 spiro atoms. The summed E-state index contributed by atoms with van der Waals surface area (Å²) in [7, 11) is 0. The molecule has 1 N–H and O–H groups in total. The molecule has 0 atom stereocenters. The van der Waals surface area contributed by atoms with E-state index in [9.17, 15) is 5.11 Å². The Balaban J connectivity index is 1.88. The molecule has 0 saturated carbocycles. The monoisotopic (exact) mass is 332 g/mol. The van der Waals surface area contributed by atoms with Gasteiger partial charge in [-0.1, -0.05) is 42.5 Å². The highest BCUT2D eigenvalue weighted by Gasteiger charge is 2.17. The minimum absolute atomic E-state index is 0.225. The zero-order chi connectivity index (χ0) is 17.5. The lowest BCUT2D eigenvalue weighted by Crippen LogP contribution is -2.15. The quantitative estimate of drug-likeness (QED) is 0.768. The molecule has 0 aromatic heterocycles. The summed E-state index contributed by atoms with van der Waals surface area (Å²) in [4.78, 5) is 2.05. The third-order valence-electron chi connectivity index (χ3n) is 4.06. The first-order valence-electron chi connectivity index (χ1n) is 8.35. The molecule has 1 aliphatic rings. The van der Waals surface area contributed by atoms with Gasteiger partial charge in [0.05, 0.1) is 6.07 Å². The topological polar surface area (TPSA) is 56.5 Å². The first-order valence-corrected chi connectivity index (χ1v) is 8.35. The molecule has 0 bridgehead atoms. The number of unbranched alkanes of at least 4 members (excludes halogenated alkanes) is 2. The van der Waals surface area contributed by atoms with Crippen molar-refractivity contribution in [1.82, 2.24) is 4.90 Å². The zero-order valence-electron chi connectivity index (χ0n) is 13.9. The number of rotatable bonds is 6. The summed E-state index contributed by atoms with van der Waals surface area (Å²) in [6.45, 7) is 0.824. The zero-order valence-corrected chi connectivity index (χ0v) is 13.9. The fourth-order valence-corrected chi connectivity index (χ4v) is 2.83. The summed E-state index contributed by atoms with van der Waals surface area (Å²) in [5, 5.41) is 19.0. The van der Waals surface area contributed by atoms with E-state index in [1.165, 1.54) is 0 Å². The lowest BCUT2D eigenvalue weighted by atomic mass is 9.97. The van der Waals surface area contributed by atoms with Gasteiger partial charge in [-0.15, -0.1) is 0 Å². The van der Waals surface area contributed by atoms with Crippen LogP contribution in [-0.4, -0.2) is 16.6 Å². The van der Waals surface area contributed by atoms with Crippen LogP contribution >= 0.6 is 0 Å². The van der Waals surface area contributed by atoms with Gasteiger partial charge in [-0.05, 0) is 24.5 Å². The summed E-state index contributed by atoms with van der Waals surface area (Å²) in [6.07, 6.45) is 7.86. The van der Waals surface area contributed by atoms with Crippen LogP contribution in [0, 0.1) is 11.3 Å². The van der Waals surface area contributed by atoms with Crippen LogP contribution in [-0.2, 0) is 4.74 Å². The van der Waals surface area contributed by atoms with Crippen molar-refractivity contribution in [2.24, 2.45) is 0 Å². The van der Waals surface area contributed by atoms with Gasteiger partial charge in [-0.3, -0.25) is 0 Å². The molecule has 0 amide bonds. The Morgan fingerprint density at radius 3 is 2.68 bits per heavy atom. The number of nitrogens with zero attached hydrogens (tertiary/aromatic N) is 2. The van der Waals surface area contributed by atoms with Crippen molar-refractivity contribution in [2.45, 2.75) is 19.3 Å². The van der Waals surface area contributed by atoms with Crippen molar-refractivity contribution in [3.63, 3.8) is 0 Å². The molecule has 4 nitrogen and oxygen atoms in total. The summed E-state index contributed by atoms with van der Waals surface area (Å²) in [5.41, 5.74) is 2.54. The predicted octanol–water partition coefficient (Wildman–Crippen LogP) is 4.85. The Hall–Kier alpha value is -3.19. The van der Waals surface area contributed by atoms with Crippen LogP contribution in [0.25, 0.3) is 16.9 Å². The van der Waals surface area contributed by atoms with E-state index in [1.54, 1.807) is 12.3 Å². The minimum atomic E-state index is 0.225. The molecule has 1 aliphatic heterocycles. The van der Waals surface area contributed by atoms with Crippen LogP contribution in [0.15, 0.2) is 67.2 Å². The largest absolute Gasteiger partial charge is 0.507 e. The van der Waals surface area contributed by atoms with Gasteiger partial charge in [0, 0.05) is 36.5 Å². The van der Waals surface area contributed by atoms with E-state index < -0.39 is 0 Å². The number of ether oxygens (including phenoxy) is 1. The van der Waals surface area contributed by atoms with Crippen molar-refractivity contribution in [1.29, 1.82) is 5.26 Å². The van der Waals surface area contributed by atoms with Crippen molar-refractivity contribution in [3.05, 3.63) is 72.8 Å². The van der Waals surface area contributed by atoms with Crippen LogP contribution in [0.3, 0.4) is 0 Å². The van der Waals surface area contributed by atoms with Crippen LogP contribution in [0.5, 0.6) is 5.75 Å². The highest BCUT2D eigenvalue weighted by atomic mass is 16.5. The Morgan fingerprint density at radius 2 is 1.88 bits per heavy atom. The minimum Gasteiger partial charge on any atom is -0.507 e. The molecule has 0 aliphatic carbocycles. The average molecular weight is 332 g/mol. The Bertz CT molecular complexity index is 820. The molecule has 126 valence electrons. The van der Waals surface area contributed by atoms with Gasteiger partial charge in [0.25, 0.3) is 0 Å². The van der Waals surface area contributed by atoms with Gasteiger partial charge in [0.2, 0.25) is 0 Å². The first kappa shape index (κ1) is 16.7. The summed E-state index contributed by atoms with van der Waals surface area (Å²) >= 11 is 0. The Morgan fingerprint density at radius 1 is 1.04 bits per heavy atom. The maximum atomic E-state index is 10.4. The lowest BCUT2D eigenvalue weighted by molar-refractivity contribution is 0.368. The fraction of sp³-hybridized carbons (Fsp3) is 0.190. The lowest BCUT2D eigenvalue weighted by Gasteiger charge is -2.23. The van der Waals surface area contributed by atoms with Crippen LogP contribution in [0.1, 0.15) is 24.8 Å². The standard InChI is InChI=1S/C21H20N2O2/c22-12-5-2-6-13-23-14-15-25-20(16-23)18-10-7-11-19(24)21(18)17-8-3-1-4-9-17/h1,3-4,7-11,14-16,24H,2,5-6,13H2. The first-order chi connectivity index (χ1) is 12.3. The molecule has 0 fully saturated rings. The average Bonchev–Trinajstić information content (AvgIpc) is 2.66. The fourth-order valence-electron chi connectivity index (χ4n) is 2.83. The van der Waals surface area contributed by atoms with Gasteiger partial charge in [0.15, 0.2) is 5.76 Å². The molecular weight excluding hydrogens is 312 g/mol. The molecule has 25 heavy (non-hydrogen) atoms. The van der Waals surface area contributed by atoms with Gasteiger partial charge < -0.3 is 14.7 Å². The number of aromatic hydroxyl groups is 1. The summed E-state index contributed by atoms with van der Waals surface area (Å²) in [5.74, 6) is 0.917. The second kappa shape index (κ2) is 8.07. The van der Waals surface area contributed by atoms with Crippen molar-refractivity contribution in [3.8, 4) is 22.9 Å². The molecule has 2 aromatic carbocycles. The van der Waals surface area contributed by atoms with Crippen LogP contribution < -0.4 is 0 Å². The van der Waals surface area contributed by atoms with Crippen molar-refractivity contribution < 1.29 is 9.84 Å². The maximum absolute atomic E-state index is 10.4. The van der Waals surface area contributed by atoms with Gasteiger partial charge in [-0.25, -0.2) is 0 Å². The number of hydrogen-bond acceptors (Lipinski definition) is 4. The molecule has 0 saturated heterocycles. The number of phenols is 1. The van der Waals surface area contributed by atoms with E-state index in [0.29, 0.717) is 12.2 Å². The van der Waals surface area contributed by atoms with E-state index in [2.05, 4.69) is 11.0 Å². The molecular formula is C21H20N2O2. The Kier molecular flexibility index (Phi) is 5.38. The van der Waals surface area contributed by atoms with Crippen LogP contribution in [0.2, 0.25) is 0 Å². The van der Waals surface area contributed by atoms with E-state index in [0.717, 1.165) is 36.1 Å².